The quantitative estimate of drug-likeness (QED) is 0.596. The van der Waals surface area contributed by atoms with E-state index in [-0.39, 0.29) is 17.3 Å². The Morgan fingerprint density at radius 2 is 1.81 bits per heavy atom. The van der Waals surface area contributed by atoms with Crippen molar-refractivity contribution in [3.63, 3.8) is 0 Å². The average molecular weight is 363 g/mol. The van der Waals surface area contributed by atoms with Gasteiger partial charge in [0.05, 0.1) is 19.8 Å². The fraction of sp³-hybridized carbons (Fsp3) is 0.150. The van der Waals surface area contributed by atoms with Crippen LogP contribution in [0.3, 0.4) is 0 Å². The SMILES string of the molecule is COc1ccc(-c2nc(-c3cc4cc(C)ccc4[nH]c3=O)no2)cc1OC. The molecule has 0 bridgehead atoms. The van der Waals surface area contributed by atoms with Crippen molar-refractivity contribution < 1.29 is 14.0 Å². The summed E-state index contributed by atoms with van der Waals surface area (Å²) in [7, 11) is 3.12. The number of nitrogens with one attached hydrogen (secondary N) is 1. The molecule has 0 radical (unpaired) electrons. The Morgan fingerprint density at radius 1 is 1.00 bits per heavy atom. The lowest BCUT2D eigenvalue weighted by molar-refractivity contribution is 0.355. The van der Waals surface area contributed by atoms with Crippen LogP contribution in [-0.2, 0) is 0 Å². The van der Waals surface area contributed by atoms with Crippen molar-refractivity contribution in [1.29, 1.82) is 0 Å². The van der Waals surface area contributed by atoms with Gasteiger partial charge in [0.2, 0.25) is 5.82 Å². The van der Waals surface area contributed by atoms with Crippen LogP contribution >= 0.6 is 0 Å². The summed E-state index contributed by atoms with van der Waals surface area (Å²) >= 11 is 0. The van der Waals surface area contributed by atoms with E-state index in [0.29, 0.717) is 22.6 Å². The van der Waals surface area contributed by atoms with Gasteiger partial charge in [0.15, 0.2) is 11.5 Å². The minimum absolute atomic E-state index is 0.226. The fourth-order valence-corrected chi connectivity index (χ4v) is 2.91. The first-order valence-electron chi connectivity index (χ1n) is 8.29. The zero-order chi connectivity index (χ0) is 19.0. The molecule has 0 aliphatic heterocycles. The van der Waals surface area contributed by atoms with Crippen molar-refractivity contribution in [2.75, 3.05) is 14.2 Å². The van der Waals surface area contributed by atoms with Gasteiger partial charge in [-0.25, -0.2) is 0 Å². The van der Waals surface area contributed by atoms with Crippen LogP contribution in [0.15, 0.2) is 51.8 Å². The average Bonchev–Trinajstić information content (AvgIpc) is 3.17. The third kappa shape index (κ3) is 3.03. The summed E-state index contributed by atoms with van der Waals surface area (Å²) in [5.41, 5.74) is 2.60. The van der Waals surface area contributed by atoms with E-state index in [2.05, 4.69) is 15.1 Å². The van der Waals surface area contributed by atoms with Crippen molar-refractivity contribution in [3.05, 3.63) is 58.4 Å². The highest BCUT2D eigenvalue weighted by atomic mass is 16.5. The number of fused-ring (bicyclic) bond motifs is 1. The van der Waals surface area contributed by atoms with Gasteiger partial charge in [-0.3, -0.25) is 4.79 Å². The molecule has 0 amide bonds. The fourth-order valence-electron chi connectivity index (χ4n) is 2.91. The number of ether oxygens (including phenoxy) is 2. The Hall–Kier alpha value is -3.61. The Morgan fingerprint density at radius 3 is 2.59 bits per heavy atom. The molecule has 0 fully saturated rings. The van der Waals surface area contributed by atoms with Crippen molar-refractivity contribution in [2.45, 2.75) is 6.92 Å². The molecule has 4 rings (SSSR count). The molecule has 0 aliphatic carbocycles. The number of pyridine rings is 1. The molecule has 7 nitrogen and oxygen atoms in total. The lowest BCUT2D eigenvalue weighted by atomic mass is 10.1. The van der Waals surface area contributed by atoms with Crippen molar-refractivity contribution in [1.82, 2.24) is 15.1 Å². The summed E-state index contributed by atoms with van der Waals surface area (Å²) in [6.45, 7) is 1.99. The molecular weight excluding hydrogens is 346 g/mol. The zero-order valence-corrected chi connectivity index (χ0v) is 15.1. The van der Waals surface area contributed by atoms with E-state index < -0.39 is 0 Å². The zero-order valence-electron chi connectivity index (χ0n) is 15.1. The predicted molar refractivity (Wildman–Crippen MR) is 101 cm³/mol. The number of rotatable bonds is 4. The molecule has 0 saturated heterocycles. The summed E-state index contributed by atoms with van der Waals surface area (Å²) < 4.78 is 15.9. The molecule has 0 aliphatic rings. The molecule has 2 heterocycles. The molecule has 0 atom stereocenters. The van der Waals surface area contributed by atoms with Crippen LogP contribution in [0.2, 0.25) is 0 Å². The Bertz CT molecular complexity index is 1190. The maximum atomic E-state index is 12.4. The molecule has 1 N–H and O–H groups in total. The largest absolute Gasteiger partial charge is 0.493 e. The molecular formula is C20H17N3O4. The van der Waals surface area contributed by atoms with Gasteiger partial charge in [-0.1, -0.05) is 16.8 Å². The van der Waals surface area contributed by atoms with Gasteiger partial charge in [-0.2, -0.15) is 4.98 Å². The van der Waals surface area contributed by atoms with Gasteiger partial charge in [0.25, 0.3) is 11.4 Å². The number of aromatic amines is 1. The maximum Gasteiger partial charge on any atom is 0.259 e. The van der Waals surface area contributed by atoms with Gasteiger partial charge in [-0.15, -0.1) is 0 Å². The normalized spacial score (nSPS) is 10.9. The summed E-state index contributed by atoms with van der Waals surface area (Å²) in [4.78, 5) is 19.7. The number of methoxy groups -OCH3 is 2. The van der Waals surface area contributed by atoms with E-state index in [1.165, 1.54) is 0 Å². The second kappa shape index (κ2) is 6.60. The van der Waals surface area contributed by atoms with Crippen LogP contribution in [-0.4, -0.2) is 29.3 Å². The molecule has 2 aromatic carbocycles. The molecule has 27 heavy (non-hydrogen) atoms. The first-order chi connectivity index (χ1) is 13.1. The molecule has 4 aromatic rings. The monoisotopic (exact) mass is 363 g/mol. The topological polar surface area (TPSA) is 90.2 Å². The maximum absolute atomic E-state index is 12.4. The third-order valence-electron chi connectivity index (χ3n) is 4.30. The molecule has 2 aromatic heterocycles. The number of H-pyrrole nitrogens is 1. The van der Waals surface area contributed by atoms with Gasteiger partial charge in [-0.05, 0) is 48.7 Å². The van der Waals surface area contributed by atoms with E-state index in [1.807, 2.05) is 25.1 Å². The van der Waals surface area contributed by atoms with Crippen LogP contribution in [0.5, 0.6) is 11.5 Å². The number of benzene rings is 2. The highest BCUT2D eigenvalue weighted by Crippen LogP contribution is 2.32. The number of aromatic nitrogens is 3. The van der Waals surface area contributed by atoms with Gasteiger partial charge < -0.3 is 19.0 Å². The van der Waals surface area contributed by atoms with E-state index in [1.54, 1.807) is 38.5 Å². The van der Waals surface area contributed by atoms with Gasteiger partial charge in [0, 0.05) is 11.1 Å². The first-order valence-corrected chi connectivity index (χ1v) is 8.29. The number of aryl methyl sites for hydroxylation is 1. The van der Waals surface area contributed by atoms with Gasteiger partial charge in [0.1, 0.15) is 0 Å². The summed E-state index contributed by atoms with van der Waals surface area (Å²) in [6, 6.07) is 12.9. The Balaban J connectivity index is 1.78. The number of nitrogens with zero attached hydrogens (tertiary/aromatic N) is 2. The summed E-state index contributed by atoms with van der Waals surface area (Å²) in [5.74, 6) is 1.66. The Labute approximate surface area is 154 Å². The van der Waals surface area contributed by atoms with E-state index in [4.69, 9.17) is 14.0 Å². The van der Waals surface area contributed by atoms with Crippen LogP contribution < -0.4 is 15.0 Å². The van der Waals surface area contributed by atoms with Crippen LogP contribution in [0.1, 0.15) is 5.56 Å². The second-order valence-corrected chi connectivity index (χ2v) is 6.10. The summed E-state index contributed by atoms with van der Waals surface area (Å²) in [6.07, 6.45) is 0. The highest BCUT2D eigenvalue weighted by molar-refractivity contribution is 5.83. The van der Waals surface area contributed by atoms with Crippen LogP contribution in [0.4, 0.5) is 0 Å². The lowest BCUT2D eigenvalue weighted by Crippen LogP contribution is -2.09. The predicted octanol–water partition coefficient (Wildman–Crippen LogP) is 3.57. The molecule has 0 spiro atoms. The molecule has 0 saturated carbocycles. The third-order valence-corrected chi connectivity index (χ3v) is 4.30. The Kier molecular flexibility index (Phi) is 4.12. The first kappa shape index (κ1) is 16.8. The van der Waals surface area contributed by atoms with Crippen molar-refractivity contribution in [3.8, 4) is 34.3 Å². The van der Waals surface area contributed by atoms with E-state index in [9.17, 15) is 4.79 Å². The lowest BCUT2D eigenvalue weighted by Gasteiger charge is -2.07. The van der Waals surface area contributed by atoms with Gasteiger partial charge >= 0.3 is 0 Å². The molecule has 0 unspecified atom stereocenters. The molecule has 7 heteroatoms. The second-order valence-electron chi connectivity index (χ2n) is 6.10. The van der Waals surface area contributed by atoms with Crippen molar-refractivity contribution >= 4 is 10.9 Å². The van der Waals surface area contributed by atoms with E-state index in [0.717, 1.165) is 16.5 Å². The number of hydrogen-bond acceptors (Lipinski definition) is 6. The highest BCUT2D eigenvalue weighted by Gasteiger charge is 2.16. The minimum atomic E-state index is -0.272. The van der Waals surface area contributed by atoms with Crippen LogP contribution in [0, 0.1) is 6.92 Å². The standard InChI is InChI=1S/C20H17N3O4/c1-11-4-6-15-13(8-11)9-14(19(24)21-15)18-22-20(27-23-18)12-5-7-16(25-2)17(10-12)26-3/h4-10H,1-3H3,(H,21,24). The molecule has 136 valence electrons. The summed E-state index contributed by atoms with van der Waals surface area (Å²) in [5, 5.41) is 4.88. The minimum Gasteiger partial charge on any atom is -0.493 e. The van der Waals surface area contributed by atoms with Crippen molar-refractivity contribution in [2.24, 2.45) is 0 Å². The number of hydrogen-bond donors (Lipinski definition) is 1. The van der Waals surface area contributed by atoms with Crippen LogP contribution in [0.25, 0.3) is 33.7 Å². The smallest absolute Gasteiger partial charge is 0.259 e. The van der Waals surface area contributed by atoms with E-state index >= 15 is 0 Å².